The van der Waals surface area contributed by atoms with E-state index in [1.807, 2.05) is 0 Å². The highest BCUT2D eigenvalue weighted by molar-refractivity contribution is 5.34. The van der Waals surface area contributed by atoms with E-state index in [2.05, 4.69) is 0 Å². The van der Waals surface area contributed by atoms with E-state index in [-0.39, 0.29) is 18.1 Å². The average Bonchev–Trinajstić information content (AvgIpc) is 2.45. The molecule has 2 rings (SSSR count). The van der Waals surface area contributed by atoms with Gasteiger partial charge in [0.05, 0.1) is 11.6 Å². The lowest BCUT2D eigenvalue weighted by Gasteiger charge is -2.15. The number of benzene rings is 2. The monoisotopic (exact) mass is 297 g/mol. The molecule has 0 radical (unpaired) electrons. The lowest BCUT2D eigenvalue weighted by molar-refractivity contribution is -0.137. The summed E-state index contributed by atoms with van der Waals surface area (Å²) in [4.78, 5) is 0. The number of phenols is 1. The summed E-state index contributed by atoms with van der Waals surface area (Å²) in [5.41, 5.74) is 5.66. The first-order chi connectivity index (χ1) is 9.88. The molecule has 3 N–H and O–H groups in total. The molecule has 112 valence electrons. The largest absolute Gasteiger partial charge is 0.508 e. The van der Waals surface area contributed by atoms with Gasteiger partial charge >= 0.3 is 6.18 Å². The van der Waals surface area contributed by atoms with E-state index in [4.69, 9.17) is 10.5 Å². The second kappa shape index (κ2) is 6.05. The fraction of sp³-hybridized carbons (Fsp3) is 0.200. The van der Waals surface area contributed by atoms with Gasteiger partial charge < -0.3 is 15.6 Å². The van der Waals surface area contributed by atoms with E-state index in [9.17, 15) is 18.3 Å². The Balaban J connectivity index is 1.99. The van der Waals surface area contributed by atoms with Crippen molar-refractivity contribution >= 4 is 0 Å². The maximum Gasteiger partial charge on any atom is 0.416 e. The molecule has 6 heteroatoms. The first-order valence-electron chi connectivity index (χ1n) is 6.21. The van der Waals surface area contributed by atoms with Gasteiger partial charge in [0.2, 0.25) is 0 Å². The highest BCUT2D eigenvalue weighted by Crippen LogP contribution is 2.30. The van der Waals surface area contributed by atoms with Crippen molar-refractivity contribution in [2.24, 2.45) is 5.73 Å². The zero-order valence-electron chi connectivity index (χ0n) is 11.0. The van der Waals surface area contributed by atoms with Gasteiger partial charge in [0.25, 0.3) is 0 Å². The molecular formula is C15H14F3NO2. The average molecular weight is 297 g/mol. The van der Waals surface area contributed by atoms with E-state index >= 15 is 0 Å². The number of nitrogens with two attached hydrogens (primary N) is 1. The maximum atomic E-state index is 12.4. The third kappa shape index (κ3) is 3.88. The van der Waals surface area contributed by atoms with Crippen molar-refractivity contribution < 1.29 is 23.0 Å². The number of rotatable bonds is 4. The molecule has 2 aromatic rings. The highest BCUT2D eigenvalue weighted by atomic mass is 19.4. The summed E-state index contributed by atoms with van der Waals surface area (Å²) < 4.78 is 42.6. The molecule has 21 heavy (non-hydrogen) atoms. The van der Waals surface area contributed by atoms with Gasteiger partial charge in [0, 0.05) is 5.56 Å². The number of para-hydroxylation sites is 1. The van der Waals surface area contributed by atoms with Crippen LogP contribution >= 0.6 is 0 Å². The molecule has 1 unspecified atom stereocenters. The minimum atomic E-state index is -4.37. The molecule has 0 saturated carbocycles. The van der Waals surface area contributed by atoms with E-state index < -0.39 is 17.8 Å². The van der Waals surface area contributed by atoms with Crippen LogP contribution < -0.4 is 10.5 Å². The van der Waals surface area contributed by atoms with Crippen LogP contribution in [0.2, 0.25) is 0 Å². The number of hydrogen-bond donors (Lipinski definition) is 2. The molecule has 2 aromatic carbocycles. The number of halogens is 3. The van der Waals surface area contributed by atoms with Crippen LogP contribution in [0, 0.1) is 0 Å². The molecule has 0 amide bonds. The van der Waals surface area contributed by atoms with Crippen molar-refractivity contribution in [2.45, 2.75) is 12.2 Å². The Morgan fingerprint density at radius 3 is 2.24 bits per heavy atom. The van der Waals surface area contributed by atoms with Crippen LogP contribution in [0.3, 0.4) is 0 Å². The van der Waals surface area contributed by atoms with Gasteiger partial charge in [-0.2, -0.15) is 13.2 Å². The summed E-state index contributed by atoms with van der Waals surface area (Å²) in [5.74, 6) is 0.342. The lowest BCUT2D eigenvalue weighted by atomic mass is 10.1. The Morgan fingerprint density at radius 2 is 1.67 bits per heavy atom. The topological polar surface area (TPSA) is 55.5 Å². The Labute approximate surface area is 119 Å². The van der Waals surface area contributed by atoms with Crippen LogP contribution in [0.4, 0.5) is 13.2 Å². The first-order valence-corrected chi connectivity index (χ1v) is 6.21. The van der Waals surface area contributed by atoms with Crippen molar-refractivity contribution in [3.8, 4) is 11.5 Å². The Bertz CT molecular complexity index is 597. The summed E-state index contributed by atoms with van der Waals surface area (Å²) in [7, 11) is 0. The molecule has 0 aliphatic carbocycles. The minimum absolute atomic E-state index is 0.0446. The van der Waals surface area contributed by atoms with Crippen molar-refractivity contribution in [1.29, 1.82) is 0 Å². The molecule has 0 bridgehead atoms. The highest BCUT2D eigenvalue weighted by Gasteiger charge is 2.30. The van der Waals surface area contributed by atoms with Crippen LogP contribution in [0.5, 0.6) is 11.5 Å². The molecule has 3 nitrogen and oxygen atoms in total. The third-order valence-corrected chi connectivity index (χ3v) is 2.95. The second-order valence-corrected chi connectivity index (χ2v) is 4.50. The summed E-state index contributed by atoms with van der Waals surface area (Å²) in [6, 6.07) is 10.4. The molecule has 0 heterocycles. The van der Waals surface area contributed by atoms with Gasteiger partial charge in [-0.1, -0.05) is 18.2 Å². The van der Waals surface area contributed by atoms with Crippen molar-refractivity contribution in [2.75, 3.05) is 6.61 Å². The zero-order valence-corrected chi connectivity index (χ0v) is 11.0. The maximum absolute atomic E-state index is 12.4. The number of phenolic OH excluding ortho intramolecular Hbond substituents is 1. The van der Waals surface area contributed by atoms with Gasteiger partial charge in [-0.25, -0.2) is 0 Å². The summed E-state index contributed by atoms with van der Waals surface area (Å²) in [5, 5.41) is 9.64. The van der Waals surface area contributed by atoms with Crippen LogP contribution in [-0.4, -0.2) is 11.7 Å². The molecule has 1 atom stereocenters. The van der Waals surface area contributed by atoms with E-state index in [0.717, 1.165) is 12.1 Å². The molecule has 0 spiro atoms. The van der Waals surface area contributed by atoms with Crippen LogP contribution in [0.25, 0.3) is 0 Å². The molecule has 0 aromatic heterocycles. The normalized spacial score (nSPS) is 13.0. The second-order valence-electron chi connectivity index (χ2n) is 4.50. The molecular weight excluding hydrogens is 283 g/mol. The van der Waals surface area contributed by atoms with Crippen LogP contribution in [-0.2, 0) is 6.18 Å². The number of alkyl halides is 3. The van der Waals surface area contributed by atoms with Gasteiger partial charge in [0.15, 0.2) is 0 Å². The lowest BCUT2D eigenvalue weighted by Crippen LogP contribution is -2.19. The van der Waals surface area contributed by atoms with Gasteiger partial charge in [-0.15, -0.1) is 0 Å². The molecule has 0 saturated heterocycles. The Hall–Kier alpha value is -2.21. The third-order valence-electron chi connectivity index (χ3n) is 2.95. The van der Waals surface area contributed by atoms with Crippen LogP contribution in [0.1, 0.15) is 17.2 Å². The standard InChI is InChI=1S/C15H14F3NO2/c16-15(17,18)10-5-7-11(8-6-10)21-9-13(19)12-3-1-2-4-14(12)20/h1-8,13,20H,9,19H2. The predicted molar refractivity (Wildman–Crippen MR) is 72.0 cm³/mol. The van der Waals surface area contributed by atoms with Gasteiger partial charge in [-0.05, 0) is 30.3 Å². The SMILES string of the molecule is NC(COc1ccc(C(F)(F)F)cc1)c1ccccc1O. The minimum Gasteiger partial charge on any atom is -0.508 e. The summed E-state index contributed by atoms with van der Waals surface area (Å²) in [6.07, 6.45) is -4.37. The van der Waals surface area contributed by atoms with E-state index in [1.165, 1.54) is 18.2 Å². The fourth-order valence-corrected chi connectivity index (χ4v) is 1.82. The Kier molecular flexibility index (Phi) is 4.37. The Morgan fingerprint density at radius 1 is 1.05 bits per heavy atom. The smallest absolute Gasteiger partial charge is 0.416 e. The molecule has 0 fully saturated rings. The van der Waals surface area contributed by atoms with Crippen molar-refractivity contribution in [3.05, 3.63) is 59.7 Å². The van der Waals surface area contributed by atoms with Gasteiger partial charge in [0.1, 0.15) is 18.1 Å². The molecule has 0 aliphatic rings. The van der Waals surface area contributed by atoms with Crippen molar-refractivity contribution in [3.63, 3.8) is 0 Å². The van der Waals surface area contributed by atoms with Crippen molar-refractivity contribution in [1.82, 2.24) is 0 Å². The predicted octanol–water partition coefficient (Wildman–Crippen LogP) is 3.49. The number of ether oxygens (including phenoxy) is 1. The van der Waals surface area contributed by atoms with E-state index in [0.29, 0.717) is 5.56 Å². The van der Waals surface area contributed by atoms with Crippen LogP contribution in [0.15, 0.2) is 48.5 Å². The molecule has 0 aliphatic heterocycles. The summed E-state index contributed by atoms with van der Waals surface area (Å²) >= 11 is 0. The number of aromatic hydroxyl groups is 1. The van der Waals surface area contributed by atoms with E-state index in [1.54, 1.807) is 18.2 Å². The number of hydrogen-bond acceptors (Lipinski definition) is 3. The fourth-order valence-electron chi connectivity index (χ4n) is 1.82. The zero-order chi connectivity index (χ0) is 15.5. The summed E-state index contributed by atoms with van der Waals surface area (Å²) in [6.45, 7) is 0.0446. The first kappa shape index (κ1) is 15.2. The van der Waals surface area contributed by atoms with Gasteiger partial charge in [-0.3, -0.25) is 0 Å². The quantitative estimate of drug-likeness (QED) is 0.908.